The maximum absolute atomic E-state index is 2.46. The van der Waals surface area contributed by atoms with Crippen molar-refractivity contribution in [1.82, 2.24) is 0 Å². The topological polar surface area (TPSA) is 0 Å². The predicted octanol–water partition coefficient (Wildman–Crippen LogP) is 9.96. The van der Waals surface area contributed by atoms with Gasteiger partial charge in [0.05, 0.1) is 0 Å². The van der Waals surface area contributed by atoms with E-state index in [1.54, 1.807) is 25.7 Å². The molecule has 28 heavy (non-hydrogen) atoms. The second kappa shape index (κ2) is 14.9. The number of unbranched alkanes of at least 4 members (excludes halogenated alkanes) is 4. The monoisotopic (exact) mass is 390 g/mol. The van der Waals surface area contributed by atoms with E-state index >= 15 is 0 Å². The summed E-state index contributed by atoms with van der Waals surface area (Å²) in [5.41, 5.74) is 0. The number of hydrogen-bond donors (Lipinski definition) is 0. The molecule has 2 aliphatic carbocycles. The Bertz CT molecular complexity index is 315. The molecule has 0 unspecified atom stereocenters. The van der Waals surface area contributed by atoms with Gasteiger partial charge in [0.1, 0.15) is 0 Å². The molecule has 0 aromatic carbocycles. The molecule has 0 saturated heterocycles. The molecule has 0 radical (unpaired) electrons. The summed E-state index contributed by atoms with van der Waals surface area (Å²) >= 11 is 0. The van der Waals surface area contributed by atoms with Gasteiger partial charge in [0.2, 0.25) is 0 Å². The van der Waals surface area contributed by atoms with E-state index in [1.807, 2.05) is 0 Å². The lowest BCUT2D eigenvalue weighted by atomic mass is 9.78. The van der Waals surface area contributed by atoms with E-state index in [0.29, 0.717) is 0 Å². The van der Waals surface area contributed by atoms with Crippen LogP contribution in [0.2, 0.25) is 0 Å². The highest BCUT2D eigenvalue weighted by Crippen LogP contribution is 2.34. The highest BCUT2D eigenvalue weighted by Gasteiger charge is 2.20. The summed E-state index contributed by atoms with van der Waals surface area (Å²) in [6, 6.07) is 0. The minimum Gasteiger partial charge on any atom is -0.0654 e. The van der Waals surface area contributed by atoms with Crippen molar-refractivity contribution in [3.63, 3.8) is 0 Å². The number of hydrogen-bond acceptors (Lipinski definition) is 0. The fourth-order valence-corrected chi connectivity index (χ4v) is 6.10. The maximum atomic E-state index is 2.46. The van der Waals surface area contributed by atoms with Gasteiger partial charge in [0.15, 0.2) is 0 Å². The standard InChI is InChI=1S/C28H54/c1-4-5-6-7-8-11-26(12-9-14-27-20-16-24(2)17-21-27)13-10-15-28-22-18-25(3)19-23-28/h24-28H,4-23H2,1-3H3. The van der Waals surface area contributed by atoms with Gasteiger partial charge in [0, 0.05) is 0 Å². The average Bonchev–Trinajstić information content (AvgIpc) is 2.70. The first-order valence-electron chi connectivity index (χ1n) is 13.7. The summed E-state index contributed by atoms with van der Waals surface area (Å²) in [5.74, 6) is 5.22. The van der Waals surface area contributed by atoms with E-state index in [2.05, 4.69) is 20.8 Å². The molecule has 166 valence electrons. The SMILES string of the molecule is CCCCCCCC(CCCC1CCC(C)CC1)CCCC1CCC(C)CC1. The smallest absolute Gasteiger partial charge is 0.0414 e. The Hall–Kier alpha value is 0. The van der Waals surface area contributed by atoms with Crippen molar-refractivity contribution in [3.8, 4) is 0 Å². The molecule has 0 aromatic heterocycles. The minimum atomic E-state index is 1.01. The molecule has 0 heterocycles. The van der Waals surface area contributed by atoms with Crippen LogP contribution in [0.1, 0.15) is 149 Å². The average molecular weight is 391 g/mol. The zero-order chi connectivity index (χ0) is 20.0. The summed E-state index contributed by atoms with van der Waals surface area (Å²) in [6.45, 7) is 7.25. The lowest BCUT2D eigenvalue weighted by Gasteiger charge is -2.27. The fraction of sp³-hybridized carbons (Fsp3) is 1.00. The van der Waals surface area contributed by atoms with Gasteiger partial charge < -0.3 is 0 Å². The third kappa shape index (κ3) is 10.7. The van der Waals surface area contributed by atoms with E-state index in [0.717, 1.165) is 29.6 Å². The third-order valence-electron chi connectivity index (χ3n) is 8.44. The molecule has 0 amide bonds. The summed E-state index contributed by atoms with van der Waals surface area (Å²) in [7, 11) is 0. The molecule has 2 rings (SSSR count). The van der Waals surface area contributed by atoms with Crippen LogP contribution >= 0.6 is 0 Å². The van der Waals surface area contributed by atoms with Crippen LogP contribution in [0.5, 0.6) is 0 Å². The molecule has 0 heteroatoms. The molecule has 0 N–H and O–H groups in total. The largest absolute Gasteiger partial charge is 0.0654 e. The Morgan fingerprint density at radius 2 is 0.964 bits per heavy atom. The molecule has 2 saturated carbocycles. The number of rotatable bonds is 14. The van der Waals surface area contributed by atoms with E-state index in [-0.39, 0.29) is 0 Å². The van der Waals surface area contributed by atoms with Gasteiger partial charge in [0.25, 0.3) is 0 Å². The van der Waals surface area contributed by atoms with Crippen molar-refractivity contribution in [1.29, 1.82) is 0 Å². The Kier molecular flexibility index (Phi) is 12.9. The molecule has 0 bridgehead atoms. The van der Waals surface area contributed by atoms with Crippen molar-refractivity contribution in [2.45, 2.75) is 149 Å². The maximum Gasteiger partial charge on any atom is -0.0414 e. The Morgan fingerprint density at radius 3 is 1.43 bits per heavy atom. The van der Waals surface area contributed by atoms with Crippen LogP contribution in [0.3, 0.4) is 0 Å². The van der Waals surface area contributed by atoms with Crippen molar-refractivity contribution in [2.24, 2.45) is 29.6 Å². The highest BCUT2D eigenvalue weighted by molar-refractivity contribution is 4.73. The molecular formula is C28H54. The van der Waals surface area contributed by atoms with Crippen LogP contribution in [0.25, 0.3) is 0 Å². The van der Waals surface area contributed by atoms with E-state index in [1.165, 1.54) is 103 Å². The second-order valence-electron chi connectivity index (χ2n) is 11.2. The third-order valence-corrected chi connectivity index (χ3v) is 8.44. The molecule has 2 fully saturated rings. The van der Waals surface area contributed by atoms with Gasteiger partial charge in [-0.15, -0.1) is 0 Å². The van der Waals surface area contributed by atoms with Crippen molar-refractivity contribution < 1.29 is 0 Å². The zero-order valence-electron chi connectivity index (χ0n) is 20.0. The van der Waals surface area contributed by atoms with Crippen LogP contribution < -0.4 is 0 Å². The van der Waals surface area contributed by atoms with Gasteiger partial charge in [-0.25, -0.2) is 0 Å². The molecule has 0 spiro atoms. The Morgan fingerprint density at radius 1 is 0.536 bits per heavy atom. The summed E-state index contributed by atoms with van der Waals surface area (Å²) in [4.78, 5) is 0. The van der Waals surface area contributed by atoms with Gasteiger partial charge in [-0.3, -0.25) is 0 Å². The quantitative estimate of drug-likeness (QED) is 0.259. The van der Waals surface area contributed by atoms with E-state index < -0.39 is 0 Å². The summed E-state index contributed by atoms with van der Waals surface area (Å²) in [6.07, 6.45) is 30.2. The minimum absolute atomic E-state index is 1.01. The van der Waals surface area contributed by atoms with Crippen LogP contribution in [-0.4, -0.2) is 0 Å². The lowest BCUT2D eigenvalue weighted by Crippen LogP contribution is -2.13. The molecule has 2 aliphatic rings. The first-order chi connectivity index (χ1) is 13.7. The fourth-order valence-electron chi connectivity index (χ4n) is 6.10. The predicted molar refractivity (Wildman–Crippen MR) is 127 cm³/mol. The molecular weight excluding hydrogens is 336 g/mol. The normalized spacial score (nSPS) is 29.7. The van der Waals surface area contributed by atoms with Gasteiger partial charge in [-0.2, -0.15) is 0 Å². The lowest BCUT2D eigenvalue weighted by molar-refractivity contribution is 0.252. The summed E-state index contributed by atoms with van der Waals surface area (Å²) in [5, 5.41) is 0. The summed E-state index contributed by atoms with van der Waals surface area (Å²) < 4.78 is 0. The van der Waals surface area contributed by atoms with E-state index in [4.69, 9.17) is 0 Å². The van der Waals surface area contributed by atoms with Crippen molar-refractivity contribution in [2.75, 3.05) is 0 Å². The Balaban J connectivity index is 1.62. The molecule has 0 aromatic rings. The van der Waals surface area contributed by atoms with Crippen LogP contribution in [-0.2, 0) is 0 Å². The van der Waals surface area contributed by atoms with Crippen molar-refractivity contribution in [3.05, 3.63) is 0 Å². The van der Waals surface area contributed by atoms with E-state index in [9.17, 15) is 0 Å². The van der Waals surface area contributed by atoms with Crippen molar-refractivity contribution >= 4 is 0 Å². The van der Waals surface area contributed by atoms with Crippen LogP contribution in [0, 0.1) is 29.6 Å². The first-order valence-corrected chi connectivity index (χ1v) is 13.7. The Labute approximate surface area is 179 Å². The van der Waals surface area contributed by atoms with Gasteiger partial charge >= 0.3 is 0 Å². The van der Waals surface area contributed by atoms with Gasteiger partial charge in [-0.1, -0.05) is 149 Å². The van der Waals surface area contributed by atoms with Gasteiger partial charge in [-0.05, 0) is 29.6 Å². The zero-order valence-corrected chi connectivity index (χ0v) is 20.0. The highest BCUT2D eigenvalue weighted by atomic mass is 14.3. The second-order valence-corrected chi connectivity index (χ2v) is 11.2. The first kappa shape index (κ1) is 24.3. The van der Waals surface area contributed by atoms with Crippen LogP contribution in [0.15, 0.2) is 0 Å². The molecule has 0 nitrogen and oxygen atoms in total. The molecule has 0 aliphatic heterocycles. The van der Waals surface area contributed by atoms with Crippen LogP contribution in [0.4, 0.5) is 0 Å². The molecule has 0 atom stereocenters.